The smallest absolute Gasteiger partial charge is 0.105 e. The first kappa shape index (κ1) is 11.2. The third-order valence-corrected chi connectivity index (χ3v) is 4.54. The summed E-state index contributed by atoms with van der Waals surface area (Å²) in [6, 6.07) is 0. The number of unbranched alkanes of at least 4 members (excludes halogenated alkanes) is 3. The largest absolute Gasteiger partial charge is 0.353 e. The Morgan fingerprint density at radius 1 is 1.27 bits per heavy atom. The molecule has 2 N–H and O–H groups in total. The summed E-state index contributed by atoms with van der Waals surface area (Å²) in [6.07, 6.45) is 6.90. The molecule has 2 unspecified atom stereocenters. The van der Waals surface area contributed by atoms with E-state index in [0.29, 0.717) is 0 Å². The van der Waals surface area contributed by atoms with Crippen molar-refractivity contribution in [2.75, 3.05) is 0 Å². The van der Waals surface area contributed by atoms with Crippen LogP contribution in [0, 0.1) is 0 Å². The van der Waals surface area contributed by atoms with Crippen molar-refractivity contribution >= 4 is 8.96 Å². The summed E-state index contributed by atoms with van der Waals surface area (Å²) in [5, 5.41) is 5.89. The molecule has 0 radical (unpaired) electrons. The summed E-state index contributed by atoms with van der Waals surface area (Å²) in [5.74, 6) is 0. The van der Waals surface area contributed by atoms with Crippen LogP contribution in [-0.2, 0) is 0 Å². The fraction of sp³-hybridized carbons (Fsp3) is 1.00. The van der Waals surface area contributed by atoms with Crippen molar-refractivity contribution in [2.24, 2.45) is 5.40 Å². The zero-order valence-electron chi connectivity index (χ0n) is 8.27. The first-order chi connectivity index (χ1) is 5.18. The van der Waals surface area contributed by atoms with Gasteiger partial charge in [-0.2, -0.15) is 0 Å². The van der Waals surface area contributed by atoms with E-state index in [1.807, 2.05) is 0 Å². The Hall–Kier alpha value is 0.177. The molecule has 0 saturated heterocycles. The van der Waals surface area contributed by atoms with Crippen LogP contribution in [-0.4, -0.2) is 8.96 Å². The number of rotatable bonds is 6. The molecule has 0 aliphatic rings. The SMILES string of the molecule is CCCCCCC(C)[SiH](C)N. The third-order valence-electron chi connectivity index (χ3n) is 2.41. The lowest BCUT2D eigenvalue weighted by molar-refractivity contribution is 0.619. The van der Waals surface area contributed by atoms with E-state index >= 15 is 0 Å². The minimum Gasteiger partial charge on any atom is -0.353 e. The molecule has 0 rings (SSSR count). The maximum Gasteiger partial charge on any atom is 0.105 e. The molecule has 0 bridgehead atoms. The monoisotopic (exact) mass is 173 g/mol. The van der Waals surface area contributed by atoms with Gasteiger partial charge in [-0.15, -0.1) is 0 Å². The standard InChI is InChI=1S/C9H23NSi/c1-4-5-6-7-8-9(2)11(3)10/h9,11H,4-8,10H2,1-3H3. The maximum absolute atomic E-state index is 5.89. The summed E-state index contributed by atoms with van der Waals surface area (Å²) < 4.78 is 0. The Kier molecular flexibility index (Phi) is 6.97. The highest BCUT2D eigenvalue weighted by Crippen LogP contribution is 2.16. The number of nitrogens with two attached hydrogens (primary N) is 1. The van der Waals surface area contributed by atoms with Crippen LogP contribution in [0.5, 0.6) is 0 Å². The fourth-order valence-electron chi connectivity index (χ4n) is 1.16. The lowest BCUT2D eigenvalue weighted by Crippen LogP contribution is -2.25. The number of hydrogen-bond donors (Lipinski definition) is 1. The Balaban J connectivity index is 3.10. The van der Waals surface area contributed by atoms with Crippen LogP contribution < -0.4 is 5.40 Å². The summed E-state index contributed by atoms with van der Waals surface area (Å²) in [6.45, 7) is 6.80. The lowest BCUT2D eigenvalue weighted by Gasteiger charge is -2.12. The molecule has 0 saturated carbocycles. The molecule has 2 atom stereocenters. The molecule has 2 heteroatoms. The van der Waals surface area contributed by atoms with Crippen LogP contribution in [0.3, 0.4) is 0 Å². The van der Waals surface area contributed by atoms with Crippen molar-refractivity contribution in [1.29, 1.82) is 0 Å². The van der Waals surface area contributed by atoms with Gasteiger partial charge in [0.25, 0.3) is 0 Å². The summed E-state index contributed by atoms with van der Waals surface area (Å²) in [5.41, 5.74) is 0.840. The van der Waals surface area contributed by atoms with Gasteiger partial charge in [0.2, 0.25) is 0 Å². The molecule has 0 aromatic rings. The van der Waals surface area contributed by atoms with E-state index in [4.69, 9.17) is 5.40 Å². The molecular formula is C9H23NSi. The van der Waals surface area contributed by atoms with E-state index < -0.39 is 8.96 Å². The van der Waals surface area contributed by atoms with Crippen LogP contribution in [0.4, 0.5) is 0 Å². The van der Waals surface area contributed by atoms with Gasteiger partial charge in [0.1, 0.15) is 8.96 Å². The first-order valence-corrected chi connectivity index (χ1v) is 7.42. The normalized spacial score (nSPS) is 16.4. The van der Waals surface area contributed by atoms with Crippen LogP contribution in [0.15, 0.2) is 0 Å². The van der Waals surface area contributed by atoms with Crippen molar-refractivity contribution < 1.29 is 0 Å². The Bertz CT molecular complexity index is 83.6. The highest BCUT2D eigenvalue weighted by molar-refractivity contribution is 6.55. The number of hydrogen-bond acceptors (Lipinski definition) is 1. The molecule has 1 nitrogen and oxygen atoms in total. The van der Waals surface area contributed by atoms with E-state index in [0.717, 1.165) is 5.54 Å². The zero-order chi connectivity index (χ0) is 8.69. The third kappa shape index (κ3) is 6.57. The van der Waals surface area contributed by atoms with Gasteiger partial charge < -0.3 is 5.40 Å². The molecule has 0 spiro atoms. The molecule has 0 amide bonds. The molecule has 0 fully saturated rings. The highest BCUT2D eigenvalue weighted by atomic mass is 28.3. The summed E-state index contributed by atoms with van der Waals surface area (Å²) >= 11 is 0. The van der Waals surface area contributed by atoms with Gasteiger partial charge in [0.15, 0.2) is 0 Å². The van der Waals surface area contributed by atoms with E-state index in [9.17, 15) is 0 Å². The van der Waals surface area contributed by atoms with Crippen molar-refractivity contribution in [3.8, 4) is 0 Å². The second kappa shape index (κ2) is 6.86. The van der Waals surface area contributed by atoms with Gasteiger partial charge in [-0.05, 0) is 5.54 Å². The van der Waals surface area contributed by atoms with Crippen LogP contribution in [0.25, 0.3) is 0 Å². The Labute approximate surface area is 73.1 Å². The predicted molar refractivity (Wildman–Crippen MR) is 55.4 cm³/mol. The molecule has 0 aromatic heterocycles. The van der Waals surface area contributed by atoms with Crippen LogP contribution in [0.2, 0.25) is 12.1 Å². The average molecular weight is 173 g/mol. The second-order valence-corrected chi connectivity index (χ2v) is 6.54. The van der Waals surface area contributed by atoms with Crippen LogP contribution in [0.1, 0.15) is 46.0 Å². The topological polar surface area (TPSA) is 26.0 Å². The van der Waals surface area contributed by atoms with Gasteiger partial charge in [-0.3, -0.25) is 0 Å². The van der Waals surface area contributed by atoms with Gasteiger partial charge in [-0.25, -0.2) is 0 Å². The van der Waals surface area contributed by atoms with Crippen molar-refractivity contribution in [3.05, 3.63) is 0 Å². The van der Waals surface area contributed by atoms with E-state index in [1.165, 1.54) is 32.1 Å². The average Bonchev–Trinajstić information content (AvgIpc) is 1.97. The highest BCUT2D eigenvalue weighted by Gasteiger charge is 2.07. The molecule has 11 heavy (non-hydrogen) atoms. The van der Waals surface area contributed by atoms with Crippen molar-refractivity contribution in [1.82, 2.24) is 0 Å². The molecule has 0 aliphatic heterocycles. The predicted octanol–water partition coefficient (Wildman–Crippen LogP) is 2.66. The second-order valence-electron chi connectivity index (χ2n) is 3.69. The molecule has 0 aromatic carbocycles. The molecule has 0 aliphatic carbocycles. The maximum atomic E-state index is 5.89. The molecule has 0 heterocycles. The first-order valence-electron chi connectivity index (χ1n) is 4.94. The van der Waals surface area contributed by atoms with E-state index in [-0.39, 0.29) is 0 Å². The van der Waals surface area contributed by atoms with Crippen molar-refractivity contribution in [2.45, 2.75) is 58.0 Å². The summed E-state index contributed by atoms with van der Waals surface area (Å²) in [4.78, 5) is 0. The van der Waals surface area contributed by atoms with Crippen LogP contribution >= 0.6 is 0 Å². The summed E-state index contributed by atoms with van der Waals surface area (Å²) in [7, 11) is -0.816. The minimum atomic E-state index is -0.816. The molecular weight excluding hydrogens is 150 g/mol. The van der Waals surface area contributed by atoms with Gasteiger partial charge >= 0.3 is 0 Å². The quantitative estimate of drug-likeness (QED) is 0.485. The van der Waals surface area contributed by atoms with E-state index in [1.54, 1.807) is 0 Å². The fourth-order valence-corrected chi connectivity index (χ4v) is 1.92. The van der Waals surface area contributed by atoms with Gasteiger partial charge in [0.05, 0.1) is 0 Å². The Morgan fingerprint density at radius 3 is 2.36 bits per heavy atom. The molecule has 68 valence electrons. The van der Waals surface area contributed by atoms with E-state index in [2.05, 4.69) is 20.4 Å². The van der Waals surface area contributed by atoms with Gasteiger partial charge in [-0.1, -0.05) is 52.5 Å². The van der Waals surface area contributed by atoms with Crippen molar-refractivity contribution in [3.63, 3.8) is 0 Å². The minimum absolute atomic E-state index is 0.816. The lowest BCUT2D eigenvalue weighted by atomic mass is 10.1. The zero-order valence-corrected chi connectivity index (χ0v) is 9.42. The van der Waals surface area contributed by atoms with Gasteiger partial charge in [0, 0.05) is 0 Å². The Morgan fingerprint density at radius 2 is 1.91 bits per heavy atom.